The Morgan fingerprint density at radius 3 is 2.38 bits per heavy atom. The van der Waals surface area contributed by atoms with Crippen LogP contribution in [0.25, 0.3) is 0 Å². The van der Waals surface area contributed by atoms with Crippen molar-refractivity contribution in [3.8, 4) is 0 Å². The summed E-state index contributed by atoms with van der Waals surface area (Å²) in [5, 5.41) is 3.08. The number of hydrogen-bond donors (Lipinski definition) is 1. The molecule has 2 aromatic carbocycles. The van der Waals surface area contributed by atoms with Crippen molar-refractivity contribution in [1.29, 1.82) is 0 Å². The van der Waals surface area contributed by atoms with E-state index < -0.39 is 22.4 Å². The van der Waals surface area contributed by atoms with Crippen molar-refractivity contribution in [3.05, 3.63) is 65.2 Å². The molecule has 2 atom stereocenters. The Morgan fingerprint density at radius 2 is 1.81 bits per heavy atom. The standard InChI is InChI=1S/C16H17F2NOS/c1-11-3-5-12(6-4-11)15(19-2)10-21(20)16-8-7-13(17)9-14(16)18/h3-9,15,19H,10H2,1-2H3. The van der Waals surface area contributed by atoms with E-state index in [2.05, 4.69) is 5.32 Å². The molecule has 2 unspecified atom stereocenters. The second-order valence-corrected chi connectivity index (χ2v) is 6.30. The molecule has 0 aliphatic carbocycles. The van der Waals surface area contributed by atoms with Crippen LogP contribution >= 0.6 is 0 Å². The molecule has 5 heteroatoms. The van der Waals surface area contributed by atoms with Gasteiger partial charge in [-0.1, -0.05) is 29.8 Å². The van der Waals surface area contributed by atoms with E-state index in [0.29, 0.717) is 0 Å². The average molecular weight is 309 g/mol. The van der Waals surface area contributed by atoms with Crippen LogP contribution in [0.2, 0.25) is 0 Å². The van der Waals surface area contributed by atoms with Crippen molar-refractivity contribution >= 4 is 10.8 Å². The molecular weight excluding hydrogens is 292 g/mol. The van der Waals surface area contributed by atoms with E-state index in [9.17, 15) is 13.0 Å². The minimum atomic E-state index is -1.54. The lowest BCUT2D eigenvalue weighted by atomic mass is 10.1. The Kier molecular flexibility index (Phi) is 5.20. The minimum absolute atomic E-state index is 0.0313. The summed E-state index contributed by atoms with van der Waals surface area (Å²) in [5.41, 5.74) is 2.12. The third kappa shape index (κ3) is 3.95. The van der Waals surface area contributed by atoms with Crippen molar-refractivity contribution in [1.82, 2.24) is 5.32 Å². The largest absolute Gasteiger partial charge is 0.312 e. The van der Waals surface area contributed by atoms with E-state index >= 15 is 0 Å². The Bertz CT molecular complexity index is 643. The molecule has 0 saturated heterocycles. The summed E-state index contributed by atoms with van der Waals surface area (Å²) in [5.74, 6) is -1.22. The fourth-order valence-corrected chi connectivity index (χ4v) is 3.38. The predicted octanol–water partition coefficient (Wildman–Crippen LogP) is 3.34. The molecule has 0 radical (unpaired) electrons. The lowest BCUT2D eigenvalue weighted by molar-refractivity contribution is 0.560. The molecule has 112 valence electrons. The molecule has 0 aromatic heterocycles. The van der Waals surface area contributed by atoms with Crippen LogP contribution in [0.4, 0.5) is 8.78 Å². The number of halogens is 2. The van der Waals surface area contributed by atoms with Gasteiger partial charge in [0, 0.05) is 17.9 Å². The third-order valence-corrected chi connectivity index (χ3v) is 4.74. The van der Waals surface area contributed by atoms with E-state index in [1.165, 1.54) is 6.07 Å². The van der Waals surface area contributed by atoms with Gasteiger partial charge < -0.3 is 5.32 Å². The number of rotatable bonds is 5. The molecule has 2 aromatic rings. The van der Waals surface area contributed by atoms with Crippen LogP contribution in [0, 0.1) is 18.6 Å². The van der Waals surface area contributed by atoms with Crippen LogP contribution in [0.15, 0.2) is 47.4 Å². The average Bonchev–Trinajstić information content (AvgIpc) is 2.45. The Labute approximate surface area is 125 Å². The number of aryl methyl sites for hydroxylation is 1. The highest BCUT2D eigenvalue weighted by Gasteiger charge is 2.17. The molecule has 0 aliphatic rings. The molecule has 2 nitrogen and oxygen atoms in total. The molecule has 2 rings (SSSR count). The van der Waals surface area contributed by atoms with E-state index in [1.54, 1.807) is 7.05 Å². The highest BCUT2D eigenvalue weighted by molar-refractivity contribution is 7.85. The highest BCUT2D eigenvalue weighted by atomic mass is 32.2. The monoisotopic (exact) mass is 309 g/mol. The minimum Gasteiger partial charge on any atom is -0.312 e. The zero-order valence-electron chi connectivity index (χ0n) is 11.9. The topological polar surface area (TPSA) is 29.1 Å². The van der Waals surface area contributed by atoms with Crippen LogP contribution in [0.3, 0.4) is 0 Å². The van der Waals surface area contributed by atoms with Crippen LogP contribution in [0.1, 0.15) is 17.2 Å². The van der Waals surface area contributed by atoms with E-state index in [0.717, 1.165) is 23.3 Å². The van der Waals surface area contributed by atoms with E-state index in [-0.39, 0.29) is 16.7 Å². The summed E-state index contributed by atoms with van der Waals surface area (Å²) in [6.45, 7) is 1.99. The summed E-state index contributed by atoms with van der Waals surface area (Å²) in [4.78, 5) is 0.0313. The van der Waals surface area contributed by atoms with Crippen molar-refractivity contribution < 1.29 is 13.0 Å². The first kappa shape index (κ1) is 15.8. The fraction of sp³-hybridized carbons (Fsp3) is 0.250. The molecule has 0 bridgehead atoms. The molecule has 0 amide bonds. The summed E-state index contributed by atoms with van der Waals surface area (Å²) in [6, 6.07) is 10.8. The van der Waals surface area contributed by atoms with Crippen molar-refractivity contribution in [3.63, 3.8) is 0 Å². The number of benzene rings is 2. The quantitative estimate of drug-likeness (QED) is 0.918. The molecule has 0 heterocycles. The first-order chi connectivity index (χ1) is 10.0. The molecule has 21 heavy (non-hydrogen) atoms. The van der Waals surface area contributed by atoms with E-state index in [4.69, 9.17) is 0 Å². The zero-order valence-corrected chi connectivity index (χ0v) is 12.7. The van der Waals surface area contributed by atoms with Crippen molar-refractivity contribution in [2.45, 2.75) is 17.9 Å². The first-order valence-electron chi connectivity index (χ1n) is 6.58. The predicted molar refractivity (Wildman–Crippen MR) is 80.6 cm³/mol. The second-order valence-electron chi connectivity index (χ2n) is 4.84. The van der Waals surface area contributed by atoms with Gasteiger partial charge in [0.05, 0.1) is 15.7 Å². The van der Waals surface area contributed by atoms with Crippen molar-refractivity contribution in [2.75, 3.05) is 12.8 Å². The van der Waals surface area contributed by atoms with Crippen LogP contribution < -0.4 is 5.32 Å². The van der Waals surface area contributed by atoms with Crippen LogP contribution in [-0.4, -0.2) is 17.0 Å². The maximum atomic E-state index is 13.7. The first-order valence-corrected chi connectivity index (χ1v) is 7.90. The van der Waals surface area contributed by atoms with Gasteiger partial charge in [-0.2, -0.15) is 0 Å². The molecule has 0 saturated carbocycles. The maximum Gasteiger partial charge on any atom is 0.142 e. The van der Waals surface area contributed by atoms with Crippen LogP contribution in [-0.2, 0) is 10.8 Å². The summed E-state index contributed by atoms with van der Waals surface area (Å²) < 4.78 is 38.8. The highest BCUT2D eigenvalue weighted by Crippen LogP contribution is 2.20. The molecule has 0 spiro atoms. The van der Waals surface area contributed by atoms with Gasteiger partial charge in [-0.05, 0) is 31.7 Å². The molecule has 1 N–H and O–H groups in total. The lowest BCUT2D eigenvalue weighted by Crippen LogP contribution is -2.23. The summed E-state index contributed by atoms with van der Waals surface area (Å²) in [7, 11) is 0.223. The Hall–Kier alpha value is -1.59. The normalized spacial score (nSPS) is 13.9. The van der Waals surface area contributed by atoms with Gasteiger partial charge in [0.25, 0.3) is 0 Å². The van der Waals surface area contributed by atoms with Gasteiger partial charge in [0.2, 0.25) is 0 Å². The fourth-order valence-electron chi connectivity index (χ4n) is 2.05. The van der Waals surface area contributed by atoms with Crippen LogP contribution in [0.5, 0.6) is 0 Å². The Balaban J connectivity index is 2.18. The lowest BCUT2D eigenvalue weighted by Gasteiger charge is -2.16. The van der Waals surface area contributed by atoms with Crippen molar-refractivity contribution in [2.24, 2.45) is 0 Å². The van der Waals surface area contributed by atoms with Gasteiger partial charge in [-0.3, -0.25) is 4.21 Å². The van der Waals surface area contributed by atoms with Gasteiger partial charge in [-0.25, -0.2) is 8.78 Å². The van der Waals surface area contributed by atoms with Gasteiger partial charge in [-0.15, -0.1) is 0 Å². The van der Waals surface area contributed by atoms with Gasteiger partial charge in [0.15, 0.2) is 0 Å². The number of hydrogen-bond acceptors (Lipinski definition) is 2. The zero-order chi connectivity index (χ0) is 15.4. The smallest absolute Gasteiger partial charge is 0.142 e. The Morgan fingerprint density at radius 1 is 1.14 bits per heavy atom. The SMILES string of the molecule is CNC(CS(=O)c1ccc(F)cc1F)c1ccc(C)cc1. The number of nitrogens with one attached hydrogen (secondary N) is 1. The molecular formula is C16H17F2NOS. The third-order valence-electron chi connectivity index (χ3n) is 3.29. The van der Waals surface area contributed by atoms with E-state index in [1.807, 2.05) is 31.2 Å². The summed E-state index contributed by atoms with van der Waals surface area (Å²) in [6.07, 6.45) is 0. The van der Waals surface area contributed by atoms with Gasteiger partial charge >= 0.3 is 0 Å². The maximum absolute atomic E-state index is 13.7. The summed E-state index contributed by atoms with van der Waals surface area (Å²) >= 11 is 0. The molecule has 0 fully saturated rings. The van der Waals surface area contributed by atoms with Gasteiger partial charge in [0.1, 0.15) is 11.6 Å². The molecule has 0 aliphatic heterocycles. The second kappa shape index (κ2) is 6.91.